The molecule has 0 unspecified atom stereocenters. The van der Waals surface area contributed by atoms with Crippen molar-refractivity contribution in [1.82, 2.24) is 10.3 Å². The number of thiophene rings is 1. The largest absolute Gasteiger partial charge is 0.348 e. The van der Waals surface area contributed by atoms with Crippen LogP contribution in [0, 0.1) is 16.0 Å². The summed E-state index contributed by atoms with van der Waals surface area (Å²) in [5, 5.41) is 15.3. The first-order valence-electron chi connectivity index (χ1n) is 6.38. The molecule has 0 atom stereocenters. The molecule has 6 nitrogen and oxygen atoms in total. The molecule has 108 valence electrons. The van der Waals surface area contributed by atoms with Gasteiger partial charge in [0.1, 0.15) is 0 Å². The summed E-state index contributed by atoms with van der Waals surface area (Å²) >= 11 is 6.35. The molecule has 0 radical (unpaired) electrons. The van der Waals surface area contributed by atoms with Crippen LogP contribution in [0.4, 0.5) is 5.00 Å². The van der Waals surface area contributed by atoms with Crippen molar-refractivity contribution in [3.05, 3.63) is 27.1 Å². The van der Waals surface area contributed by atoms with Crippen LogP contribution >= 0.6 is 23.6 Å². The summed E-state index contributed by atoms with van der Waals surface area (Å²) in [5.41, 5.74) is 2.82. The maximum absolute atomic E-state index is 10.6. The van der Waals surface area contributed by atoms with Gasteiger partial charge in [0.2, 0.25) is 0 Å². The Morgan fingerprint density at radius 3 is 2.90 bits per heavy atom. The average molecular weight is 312 g/mol. The average Bonchev–Trinajstić information content (AvgIpc) is 2.88. The Morgan fingerprint density at radius 2 is 2.30 bits per heavy atom. The molecule has 1 aliphatic heterocycles. The highest BCUT2D eigenvalue weighted by molar-refractivity contribution is 7.80. The lowest BCUT2D eigenvalue weighted by Gasteiger charge is -2.31. The molecule has 0 aromatic carbocycles. The third-order valence-electron chi connectivity index (χ3n) is 3.22. The van der Waals surface area contributed by atoms with Crippen molar-refractivity contribution in [1.29, 1.82) is 0 Å². The molecule has 8 heteroatoms. The first-order valence-corrected chi connectivity index (χ1v) is 7.61. The smallest absolute Gasteiger partial charge is 0.324 e. The maximum Gasteiger partial charge on any atom is 0.324 e. The van der Waals surface area contributed by atoms with Gasteiger partial charge in [0.15, 0.2) is 5.11 Å². The number of likely N-dealkylation sites (tertiary alicyclic amines) is 1. The number of hydrogen-bond acceptors (Lipinski definition) is 5. The molecule has 1 aromatic heterocycles. The van der Waals surface area contributed by atoms with Crippen LogP contribution in [0.5, 0.6) is 0 Å². The summed E-state index contributed by atoms with van der Waals surface area (Å²) in [6, 6.07) is 3.13. The molecule has 0 aliphatic carbocycles. The number of nitro groups is 1. The number of hydrogen-bond donors (Lipinski definition) is 1. The van der Waals surface area contributed by atoms with Gasteiger partial charge in [-0.25, -0.2) is 0 Å². The fourth-order valence-electron chi connectivity index (χ4n) is 1.94. The summed E-state index contributed by atoms with van der Waals surface area (Å²) < 4.78 is 0. The van der Waals surface area contributed by atoms with Gasteiger partial charge < -0.3 is 4.90 Å². The third kappa shape index (κ3) is 3.97. The van der Waals surface area contributed by atoms with E-state index in [-0.39, 0.29) is 5.00 Å². The Morgan fingerprint density at radius 1 is 1.60 bits per heavy atom. The molecule has 0 amide bonds. The minimum atomic E-state index is -0.408. The molecule has 1 fully saturated rings. The molecule has 0 saturated carbocycles. The number of hydrazone groups is 1. The SMILES string of the molecule is CC1CCN(C(=S)N/N=C/c2ccc([N+](=O)[O-])s2)CC1. The van der Waals surface area contributed by atoms with Gasteiger partial charge in [-0.1, -0.05) is 18.3 Å². The van der Waals surface area contributed by atoms with Gasteiger partial charge in [0.05, 0.1) is 16.0 Å². The summed E-state index contributed by atoms with van der Waals surface area (Å²) in [5.74, 6) is 0.754. The second-order valence-corrected chi connectivity index (χ2v) is 6.26. The highest BCUT2D eigenvalue weighted by Gasteiger charge is 2.17. The van der Waals surface area contributed by atoms with E-state index >= 15 is 0 Å². The van der Waals surface area contributed by atoms with E-state index in [4.69, 9.17) is 12.2 Å². The second-order valence-electron chi connectivity index (χ2n) is 4.78. The van der Waals surface area contributed by atoms with Crippen LogP contribution in [0.15, 0.2) is 17.2 Å². The van der Waals surface area contributed by atoms with E-state index in [1.807, 2.05) is 0 Å². The maximum atomic E-state index is 10.6. The van der Waals surface area contributed by atoms with Crippen LogP contribution in [0.3, 0.4) is 0 Å². The van der Waals surface area contributed by atoms with E-state index in [1.165, 1.54) is 6.07 Å². The van der Waals surface area contributed by atoms with Crippen molar-refractivity contribution in [2.45, 2.75) is 19.8 Å². The van der Waals surface area contributed by atoms with Gasteiger partial charge in [0.25, 0.3) is 0 Å². The van der Waals surface area contributed by atoms with Crippen molar-refractivity contribution in [3.8, 4) is 0 Å². The summed E-state index contributed by atoms with van der Waals surface area (Å²) in [6.07, 6.45) is 3.84. The van der Waals surface area contributed by atoms with Crippen molar-refractivity contribution < 1.29 is 4.92 Å². The van der Waals surface area contributed by atoms with Gasteiger partial charge in [-0.05, 0) is 37.0 Å². The van der Waals surface area contributed by atoms with E-state index in [9.17, 15) is 10.1 Å². The van der Waals surface area contributed by atoms with Gasteiger partial charge in [-0.15, -0.1) is 0 Å². The Kier molecular flexibility index (Phi) is 5.02. The standard InChI is InChI=1S/C12H16N4O2S2/c1-9-4-6-15(7-5-9)12(19)14-13-8-10-2-3-11(20-10)16(17)18/h2-3,8-9H,4-7H2,1H3,(H,14,19)/b13-8+. The summed E-state index contributed by atoms with van der Waals surface area (Å²) in [7, 11) is 0. The highest BCUT2D eigenvalue weighted by Crippen LogP contribution is 2.22. The van der Waals surface area contributed by atoms with Crippen LogP contribution in [0.25, 0.3) is 0 Å². The number of nitrogens with one attached hydrogen (secondary N) is 1. The van der Waals surface area contributed by atoms with Crippen LogP contribution in [0.2, 0.25) is 0 Å². The van der Waals surface area contributed by atoms with Crippen molar-refractivity contribution >= 4 is 39.9 Å². The predicted octanol–water partition coefficient (Wildman–Crippen LogP) is 2.60. The van der Waals surface area contributed by atoms with Crippen LogP contribution in [-0.2, 0) is 0 Å². The van der Waals surface area contributed by atoms with Gasteiger partial charge in [-0.3, -0.25) is 15.5 Å². The summed E-state index contributed by atoms with van der Waals surface area (Å²) in [6.45, 7) is 4.15. The Hall–Kier alpha value is -1.54. The molecule has 20 heavy (non-hydrogen) atoms. The lowest BCUT2D eigenvalue weighted by molar-refractivity contribution is -0.380. The van der Waals surface area contributed by atoms with Gasteiger partial charge in [-0.2, -0.15) is 5.10 Å². The molecule has 2 rings (SSSR count). The fraction of sp³-hybridized carbons (Fsp3) is 0.500. The lowest BCUT2D eigenvalue weighted by atomic mass is 10.00. The highest BCUT2D eigenvalue weighted by atomic mass is 32.1. The summed E-state index contributed by atoms with van der Waals surface area (Å²) in [4.78, 5) is 13.0. The van der Waals surface area contributed by atoms with Crippen LogP contribution < -0.4 is 5.43 Å². The molecule has 0 bridgehead atoms. The van der Waals surface area contributed by atoms with Gasteiger partial charge in [0, 0.05) is 19.2 Å². The van der Waals surface area contributed by atoms with E-state index in [1.54, 1.807) is 12.3 Å². The molecule has 1 aromatic rings. The lowest BCUT2D eigenvalue weighted by Crippen LogP contribution is -2.42. The second kappa shape index (κ2) is 6.76. The number of rotatable bonds is 3. The van der Waals surface area contributed by atoms with Crippen molar-refractivity contribution in [2.75, 3.05) is 13.1 Å². The Bertz CT molecular complexity index is 521. The molecular formula is C12H16N4O2S2. The Balaban J connectivity index is 1.83. The van der Waals surface area contributed by atoms with Crippen LogP contribution in [0.1, 0.15) is 24.6 Å². The normalized spacial score (nSPS) is 16.6. The molecule has 0 spiro atoms. The van der Waals surface area contributed by atoms with Crippen LogP contribution in [-0.4, -0.2) is 34.2 Å². The number of thiocarbonyl (C=S) groups is 1. The quantitative estimate of drug-likeness (QED) is 0.402. The van der Waals surface area contributed by atoms with E-state index in [0.717, 1.165) is 48.1 Å². The van der Waals surface area contributed by atoms with E-state index < -0.39 is 4.92 Å². The van der Waals surface area contributed by atoms with Crippen molar-refractivity contribution in [3.63, 3.8) is 0 Å². The first-order chi connectivity index (χ1) is 9.56. The van der Waals surface area contributed by atoms with E-state index in [0.29, 0.717) is 5.11 Å². The zero-order valence-electron chi connectivity index (χ0n) is 11.1. The van der Waals surface area contributed by atoms with E-state index in [2.05, 4.69) is 22.4 Å². The molecule has 2 heterocycles. The van der Waals surface area contributed by atoms with Gasteiger partial charge >= 0.3 is 5.00 Å². The topological polar surface area (TPSA) is 70.8 Å². The number of piperidine rings is 1. The monoisotopic (exact) mass is 312 g/mol. The zero-order valence-corrected chi connectivity index (χ0v) is 12.7. The predicted molar refractivity (Wildman–Crippen MR) is 84.3 cm³/mol. The minimum Gasteiger partial charge on any atom is -0.348 e. The van der Waals surface area contributed by atoms with Crippen molar-refractivity contribution in [2.24, 2.45) is 11.0 Å². The third-order valence-corrected chi connectivity index (χ3v) is 4.54. The molecule has 1 N–H and O–H groups in total. The first kappa shape index (κ1) is 14.9. The molecule has 1 saturated heterocycles. The fourth-order valence-corrected chi connectivity index (χ4v) is 2.87. The molecule has 1 aliphatic rings. The zero-order chi connectivity index (χ0) is 14.5. The number of nitrogens with zero attached hydrogens (tertiary/aromatic N) is 3. The minimum absolute atomic E-state index is 0.110. The Labute approximate surface area is 126 Å². The molecular weight excluding hydrogens is 296 g/mol.